The number of piperidine rings is 3. The summed E-state index contributed by atoms with van der Waals surface area (Å²) in [4.78, 5) is 18.1. The fraction of sp³-hybridized carbons (Fsp3) is 0.435. The minimum Gasteiger partial charge on any atom is -0.333 e. The zero-order valence-corrected chi connectivity index (χ0v) is 15.6. The van der Waals surface area contributed by atoms with E-state index in [1.54, 1.807) is 12.1 Å². The van der Waals surface area contributed by atoms with E-state index >= 15 is 0 Å². The molecule has 2 aromatic carbocycles. The molecule has 0 unspecified atom stereocenters. The van der Waals surface area contributed by atoms with Gasteiger partial charge in [0.25, 0.3) is 5.91 Å². The molecule has 6 rings (SSSR count). The molecule has 4 aliphatic heterocycles. The van der Waals surface area contributed by atoms with Crippen molar-refractivity contribution in [3.63, 3.8) is 0 Å². The van der Waals surface area contributed by atoms with E-state index in [0.29, 0.717) is 12.0 Å². The molecule has 2 aromatic rings. The van der Waals surface area contributed by atoms with Crippen LogP contribution in [0.25, 0.3) is 0 Å². The predicted molar refractivity (Wildman–Crippen MR) is 103 cm³/mol. The second-order valence-electron chi connectivity index (χ2n) is 8.34. The van der Waals surface area contributed by atoms with Gasteiger partial charge >= 0.3 is 0 Å². The van der Waals surface area contributed by atoms with Crippen molar-refractivity contribution < 1.29 is 9.18 Å². The minimum absolute atomic E-state index is 0.145. The van der Waals surface area contributed by atoms with Gasteiger partial charge in [-0.15, -0.1) is 0 Å². The monoisotopic (exact) mass is 364 g/mol. The number of carbonyl (C=O) groups excluding carboxylic acids is 1. The van der Waals surface area contributed by atoms with Crippen molar-refractivity contribution in [3.8, 4) is 0 Å². The molecule has 0 spiro atoms. The van der Waals surface area contributed by atoms with Crippen LogP contribution in [0.1, 0.15) is 40.2 Å². The third kappa shape index (κ3) is 2.78. The molecule has 140 valence electrons. The van der Waals surface area contributed by atoms with Gasteiger partial charge in [0, 0.05) is 24.1 Å². The molecule has 0 N–H and O–H groups in total. The lowest BCUT2D eigenvalue weighted by molar-refractivity contribution is -0.00341. The summed E-state index contributed by atoms with van der Waals surface area (Å²) < 4.78 is 13.4. The Morgan fingerprint density at radius 1 is 1.04 bits per heavy atom. The number of fused-ring (bicyclic) bond motifs is 2. The summed E-state index contributed by atoms with van der Waals surface area (Å²) in [5.41, 5.74) is 3.05. The topological polar surface area (TPSA) is 23.6 Å². The van der Waals surface area contributed by atoms with Crippen LogP contribution in [-0.2, 0) is 0 Å². The molecule has 0 saturated carbocycles. The lowest BCUT2D eigenvalue weighted by Gasteiger charge is -2.51. The van der Waals surface area contributed by atoms with Gasteiger partial charge < -0.3 is 4.90 Å². The number of nitrogens with zero attached hydrogens (tertiary/aromatic N) is 2. The number of halogens is 1. The van der Waals surface area contributed by atoms with E-state index in [4.69, 9.17) is 0 Å². The maximum absolute atomic E-state index is 13.4. The molecule has 0 aliphatic carbocycles. The van der Waals surface area contributed by atoms with Crippen molar-refractivity contribution in [2.45, 2.75) is 37.8 Å². The fourth-order valence-corrected chi connectivity index (χ4v) is 5.60. The van der Waals surface area contributed by atoms with Crippen molar-refractivity contribution >= 4 is 5.91 Å². The lowest BCUT2D eigenvalue weighted by Crippen LogP contribution is -2.60. The zero-order chi connectivity index (χ0) is 18.5. The highest BCUT2D eigenvalue weighted by Crippen LogP contribution is 2.46. The molecular weight excluding hydrogens is 339 g/mol. The first-order valence-corrected chi connectivity index (χ1v) is 9.99. The van der Waals surface area contributed by atoms with Crippen LogP contribution in [0.2, 0.25) is 0 Å². The molecule has 4 aliphatic rings. The molecule has 2 bridgehead atoms. The Kier molecular flexibility index (Phi) is 4.05. The number of aryl methyl sites for hydroxylation is 1. The summed E-state index contributed by atoms with van der Waals surface area (Å²) in [6.07, 6.45) is 2.35. The van der Waals surface area contributed by atoms with Gasteiger partial charge in [0.05, 0.1) is 6.04 Å². The second-order valence-corrected chi connectivity index (χ2v) is 8.34. The van der Waals surface area contributed by atoms with Crippen LogP contribution >= 0.6 is 0 Å². The molecule has 3 nitrogen and oxygen atoms in total. The normalized spacial score (nSPS) is 31.8. The lowest BCUT2D eigenvalue weighted by atomic mass is 9.75. The summed E-state index contributed by atoms with van der Waals surface area (Å²) in [5.74, 6) is 0.783. The van der Waals surface area contributed by atoms with Gasteiger partial charge in [0.1, 0.15) is 5.82 Å². The molecule has 0 aromatic heterocycles. The van der Waals surface area contributed by atoms with E-state index in [-0.39, 0.29) is 23.7 Å². The van der Waals surface area contributed by atoms with Crippen molar-refractivity contribution in [1.29, 1.82) is 0 Å². The summed E-state index contributed by atoms with van der Waals surface area (Å²) in [5, 5.41) is 0. The molecule has 27 heavy (non-hydrogen) atoms. The number of benzene rings is 2. The van der Waals surface area contributed by atoms with Crippen molar-refractivity contribution in [3.05, 3.63) is 71.0 Å². The molecule has 0 radical (unpaired) electrons. The first-order valence-electron chi connectivity index (χ1n) is 9.99. The highest BCUT2D eigenvalue weighted by Gasteiger charge is 2.54. The van der Waals surface area contributed by atoms with Crippen LogP contribution in [0.15, 0.2) is 48.5 Å². The first-order chi connectivity index (χ1) is 13.1. The van der Waals surface area contributed by atoms with E-state index in [1.807, 2.05) is 43.3 Å². The number of likely N-dealkylation sites (tertiary alicyclic amines) is 1. The Bertz CT molecular complexity index is 857. The highest BCUT2D eigenvalue weighted by molar-refractivity contribution is 5.95. The van der Waals surface area contributed by atoms with Crippen LogP contribution < -0.4 is 0 Å². The Morgan fingerprint density at radius 3 is 2.48 bits per heavy atom. The Morgan fingerprint density at radius 2 is 1.78 bits per heavy atom. The van der Waals surface area contributed by atoms with Crippen molar-refractivity contribution in [1.82, 2.24) is 9.80 Å². The van der Waals surface area contributed by atoms with Gasteiger partial charge in [0.2, 0.25) is 0 Å². The van der Waals surface area contributed by atoms with Crippen LogP contribution in [0.5, 0.6) is 0 Å². The molecule has 4 heterocycles. The predicted octanol–water partition coefficient (Wildman–Crippen LogP) is 3.84. The largest absolute Gasteiger partial charge is 0.333 e. The molecule has 3 atom stereocenters. The van der Waals surface area contributed by atoms with E-state index < -0.39 is 0 Å². The van der Waals surface area contributed by atoms with E-state index in [1.165, 1.54) is 12.8 Å². The second kappa shape index (κ2) is 6.45. The molecule has 1 amide bonds. The average molecular weight is 364 g/mol. The summed E-state index contributed by atoms with van der Waals surface area (Å²) in [6.45, 7) is 4.99. The SMILES string of the molecule is Cc1cccc(C(=O)N2C[C@@H](c3ccc(F)cc3)[C@@H]3[C@H]2C2CCN3CC2)c1. The van der Waals surface area contributed by atoms with E-state index in [0.717, 1.165) is 36.3 Å². The Balaban J connectivity index is 1.52. The number of carbonyl (C=O) groups is 1. The maximum atomic E-state index is 13.4. The zero-order valence-electron chi connectivity index (χ0n) is 15.6. The quantitative estimate of drug-likeness (QED) is 0.808. The molecular formula is C23H25FN2O. The van der Waals surface area contributed by atoms with Crippen LogP contribution in [0, 0.1) is 18.7 Å². The smallest absolute Gasteiger partial charge is 0.254 e. The average Bonchev–Trinajstić information content (AvgIpc) is 3.12. The van der Waals surface area contributed by atoms with Crippen LogP contribution in [0.4, 0.5) is 4.39 Å². The highest BCUT2D eigenvalue weighted by atomic mass is 19.1. The Labute approximate surface area is 159 Å². The molecule has 4 heteroatoms. The van der Waals surface area contributed by atoms with Gasteiger partial charge in [-0.3, -0.25) is 9.69 Å². The van der Waals surface area contributed by atoms with Gasteiger partial charge in [-0.05, 0) is 68.6 Å². The third-order valence-corrected chi connectivity index (χ3v) is 6.82. The number of hydrogen-bond acceptors (Lipinski definition) is 2. The van der Waals surface area contributed by atoms with Gasteiger partial charge in [-0.2, -0.15) is 0 Å². The van der Waals surface area contributed by atoms with Gasteiger partial charge in [0.15, 0.2) is 0 Å². The van der Waals surface area contributed by atoms with E-state index in [9.17, 15) is 9.18 Å². The fourth-order valence-electron chi connectivity index (χ4n) is 5.60. The summed E-state index contributed by atoms with van der Waals surface area (Å²) >= 11 is 0. The molecule has 4 saturated heterocycles. The van der Waals surface area contributed by atoms with Crippen molar-refractivity contribution in [2.24, 2.45) is 5.92 Å². The third-order valence-electron chi connectivity index (χ3n) is 6.82. The van der Waals surface area contributed by atoms with Crippen molar-refractivity contribution in [2.75, 3.05) is 19.6 Å². The number of rotatable bonds is 2. The standard InChI is InChI=1S/C23H25FN2O/c1-15-3-2-4-18(13-15)23(27)26-14-20(16-5-7-19(24)8-6-16)22-21(26)17-9-11-25(22)12-10-17/h2-8,13,17,20-22H,9-12,14H2,1H3/t20-,21+,22+/m0/s1. The maximum Gasteiger partial charge on any atom is 0.254 e. The summed E-state index contributed by atoms with van der Waals surface area (Å²) in [7, 11) is 0. The van der Waals surface area contributed by atoms with E-state index in [2.05, 4.69) is 9.80 Å². The number of hydrogen-bond donors (Lipinski definition) is 0. The van der Waals surface area contributed by atoms with Gasteiger partial charge in [-0.25, -0.2) is 4.39 Å². The first kappa shape index (κ1) is 16.9. The molecule has 4 fully saturated rings. The van der Waals surface area contributed by atoms with Gasteiger partial charge in [-0.1, -0.05) is 29.8 Å². The van der Waals surface area contributed by atoms with Crippen LogP contribution in [-0.4, -0.2) is 47.4 Å². The Hall–Kier alpha value is -2.20. The number of amides is 1. The minimum atomic E-state index is -0.202. The van der Waals surface area contributed by atoms with Crippen LogP contribution in [0.3, 0.4) is 0 Å². The summed E-state index contributed by atoms with van der Waals surface area (Å²) in [6, 6.07) is 15.4.